The molecule has 0 unspecified atom stereocenters. The number of rotatable bonds is 6. The second-order valence-electron chi connectivity index (χ2n) is 5.65. The fraction of sp³-hybridized carbons (Fsp3) is 0.105. The molecule has 138 valence electrons. The standard InChI is InChI=1S/C19H15ClFN3O2S/c20-16-4-2-1-3-15(16)18(26)22-11-17(25)24-19-23-10-14(27-19)9-12-5-7-13(21)8-6-12/h1-8,10H,9,11H2,(H,22,26)(H,23,24,25). The highest BCUT2D eigenvalue weighted by atomic mass is 35.5. The highest BCUT2D eigenvalue weighted by Gasteiger charge is 2.12. The molecule has 0 aliphatic heterocycles. The first-order chi connectivity index (χ1) is 13.0. The Labute approximate surface area is 164 Å². The van der Waals surface area contributed by atoms with Gasteiger partial charge in [0.15, 0.2) is 5.13 Å². The van der Waals surface area contributed by atoms with Crippen molar-refractivity contribution < 1.29 is 14.0 Å². The predicted octanol–water partition coefficient (Wildman–Crippen LogP) is 3.89. The van der Waals surface area contributed by atoms with Gasteiger partial charge in [0, 0.05) is 17.5 Å². The molecule has 2 aromatic carbocycles. The van der Waals surface area contributed by atoms with Crippen molar-refractivity contribution in [3.8, 4) is 0 Å². The van der Waals surface area contributed by atoms with Crippen LogP contribution in [0.4, 0.5) is 9.52 Å². The van der Waals surface area contributed by atoms with E-state index in [9.17, 15) is 14.0 Å². The summed E-state index contributed by atoms with van der Waals surface area (Å²) in [7, 11) is 0. The third-order valence-corrected chi connectivity index (χ3v) is 4.86. The Morgan fingerprint density at radius 3 is 2.59 bits per heavy atom. The van der Waals surface area contributed by atoms with E-state index < -0.39 is 11.8 Å². The number of anilines is 1. The number of amides is 2. The Kier molecular flexibility index (Phi) is 6.16. The highest BCUT2D eigenvalue weighted by Crippen LogP contribution is 2.21. The van der Waals surface area contributed by atoms with Gasteiger partial charge >= 0.3 is 0 Å². The molecule has 27 heavy (non-hydrogen) atoms. The first kappa shape index (κ1) is 19.0. The molecule has 8 heteroatoms. The molecule has 2 N–H and O–H groups in total. The van der Waals surface area contributed by atoms with E-state index in [-0.39, 0.29) is 12.4 Å². The van der Waals surface area contributed by atoms with Gasteiger partial charge in [-0.3, -0.25) is 9.59 Å². The molecular formula is C19H15ClFN3O2S. The van der Waals surface area contributed by atoms with Crippen molar-refractivity contribution in [3.63, 3.8) is 0 Å². The Morgan fingerprint density at radius 1 is 1.11 bits per heavy atom. The van der Waals surface area contributed by atoms with Crippen LogP contribution in [0.15, 0.2) is 54.7 Å². The summed E-state index contributed by atoms with van der Waals surface area (Å²) in [6, 6.07) is 12.8. The molecule has 0 saturated carbocycles. The number of thiazole rings is 1. The van der Waals surface area contributed by atoms with Crippen LogP contribution in [0.25, 0.3) is 0 Å². The van der Waals surface area contributed by atoms with Gasteiger partial charge in [0.2, 0.25) is 5.91 Å². The van der Waals surface area contributed by atoms with Gasteiger partial charge in [0.1, 0.15) is 5.82 Å². The van der Waals surface area contributed by atoms with Crippen LogP contribution in [-0.2, 0) is 11.2 Å². The topological polar surface area (TPSA) is 71.1 Å². The molecular weight excluding hydrogens is 389 g/mol. The summed E-state index contributed by atoms with van der Waals surface area (Å²) in [6.45, 7) is -0.197. The van der Waals surface area contributed by atoms with Crippen molar-refractivity contribution in [2.24, 2.45) is 0 Å². The molecule has 3 rings (SSSR count). The van der Waals surface area contributed by atoms with Crippen molar-refractivity contribution in [2.45, 2.75) is 6.42 Å². The fourth-order valence-corrected chi connectivity index (χ4v) is 3.40. The minimum absolute atomic E-state index is 0.197. The molecule has 1 aromatic heterocycles. The van der Waals surface area contributed by atoms with Crippen molar-refractivity contribution in [1.82, 2.24) is 10.3 Å². The Hall–Kier alpha value is -2.77. The van der Waals surface area contributed by atoms with E-state index in [1.165, 1.54) is 23.5 Å². The van der Waals surface area contributed by atoms with Gasteiger partial charge in [0.05, 0.1) is 17.1 Å². The Morgan fingerprint density at radius 2 is 1.85 bits per heavy atom. The zero-order chi connectivity index (χ0) is 19.2. The predicted molar refractivity (Wildman–Crippen MR) is 104 cm³/mol. The average Bonchev–Trinajstić information content (AvgIpc) is 3.09. The number of aromatic nitrogens is 1. The lowest BCUT2D eigenvalue weighted by Gasteiger charge is -2.06. The summed E-state index contributed by atoms with van der Waals surface area (Å²) in [4.78, 5) is 29.1. The van der Waals surface area contributed by atoms with Crippen LogP contribution >= 0.6 is 22.9 Å². The molecule has 0 saturated heterocycles. The zero-order valence-corrected chi connectivity index (χ0v) is 15.6. The molecule has 0 aliphatic carbocycles. The van der Waals surface area contributed by atoms with E-state index >= 15 is 0 Å². The Balaban J connectivity index is 1.51. The summed E-state index contributed by atoms with van der Waals surface area (Å²) in [5.41, 5.74) is 1.26. The summed E-state index contributed by atoms with van der Waals surface area (Å²) in [5, 5.41) is 5.91. The second kappa shape index (κ2) is 8.75. The van der Waals surface area contributed by atoms with Gasteiger partial charge in [-0.2, -0.15) is 0 Å². The third kappa shape index (κ3) is 5.35. The number of nitrogens with one attached hydrogen (secondary N) is 2. The average molecular weight is 404 g/mol. The van der Waals surface area contributed by atoms with E-state index in [0.29, 0.717) is 22.1 Å². The van der Waals surface area contributed by atoms with Gasteiger partial charge in [0.25, 0.3) is 5.91 Å². The largest absolute Gasteiger partial charge is 0.343 e. The maximum atomic E-state index is 12.9. The summed E-state index contributed by atoms with van der Waals surface area (Å²) in [6.07, 6.45) is 2.25. The van der Waals surface area contributed by atoms with Crippen LogP contribution in [0.3, 0.4) is 0 Å². The summed E-state index contributed by atoms with van der Waals surface area (Å²) in [5.74, 6) is -1.10. The maximum Gasteiger partial charge on any atom is 0.253 e. The highest BCUT2D eigenvalue weighted by molar-refractivity contribution is 7.15. The van der Waals surface area contributed by atoms with E-state index in [4.69, 9.17) is 11.6 Å². The van der Waals surface area contributed by atoms with Crippen molar-refractivity contribution >= 4 is 39.9 Å². The van der Waals surface area contributed by atoms with Crippen molar-refractivity contribution in [1.29, 1.82) is 0 Å². The molecule has 0 bridgehead atoms. The molecule has 5 nitrogen and oxygen atoms in total. The molecule has 2 amide bonds. The van der Waals surface area contributed by atoms with Gasteiger partial charge in [-0.25, -0.2) is 9.37 Å². The first-order valence-corrected chi connectivity index (χ1v) is 9.22. The lowest BCUT2D eigenvalue weighted by atomic mass is 10.1. The van der Waals surface area contributed by atoms with Crippen molar-refractivity contribution in [2.75, 3.05) is 11.9 Å². The monoisotopic (exact) mass is 403 g/mol. The fourth-order valence-electron chi connectivity index (χ4n) is 2.32. The quantitative estimate of drug-likeness (QED) is 0.655. The van der Waals surface area contributed by atoms with E-state index in [0.717, 1.165) is 10.4 Å². The molecule has 0 aliphatic rings. The second-order valence-corrected chi connectivity index (χ2v) is 7.17. The molecule has 1 heterocycles. The van der Waals surface area contributed by atoms with E-state index in [1.54, 1.807) is 42.6 Å². The third-order valence-electron chi connectivity index (χ3n) is 3.62. The number of carbonyl (C=O) groups is 2. The number of hydrogen-bond donors (Lipinski definition) is 2. The lowest BCUT2D eigenvalue weighted by Crippen LogP contribution is -2.32. The molecule has 0 radical (unpaired) electrons. The molecule has 3 aromatic rings. The molecule has 0 fully saturated rings. The number of hydrogen-bond acceptors (Lipinski definition) is 4. The minimum Gasteiger partial charge on any atom is -0.343 e. The normalized spacial score (nSPS) is 10.4. The number of carbonyl (C=O) groups excluding carboxylic acids is 2. The van der Waals surface area contributed by atoms with Crippen LogP contribution in [-0.4, -0.2) is 23.3 Å². The minimum atomic E-state index is -0.424. The van der Waals surface area contributed by atoms with Gasteiger partial charge in [-0.05, 0) is 29.8 Å². The molecule has 0 spiro atoms. The SMILES string of the molecule is O=C(CNC(=O)c1ccccc1Cl)Nc1ncc(Cc2ccc(F)cc2)s1. The van der Waals surface area contributed by atoms with Gasteiger partial charge < -0.3 is 10.6 Å². The number of benzene rings is 2. The summed E-state index contributed by atoms with van der Waals surface area (Å²) >= 11 is 7.27. The van der Waals surface area contributed by atoms with Crippen LogP contribution < -0.4 is 10.6 Å². The first-order valence-electron chi connectivity index (χ1n) is 8.03. The molecule has 0 atom stereocenters. The zero-order valence-electron chi connectivity index (χ0n) is 14.0. The van der Waals surface area contributed by atoms with Crippen LogP contribution in [0, 0.1) is 5.82 Å². The van der Waals surface area contributed by atoms with Crippen LogP contribution in [0.1, 0.15) is 20.8 Å². The van der Waals surface area contributed by atoms with Gasteiger partial charge in [-0.1, -0.05) is 35.9 Å². The smallest absolute Gasteiger partial charge is 0.253 e. The lowest BCUT2D eigenvalue weighted by molar-refractivity contribution is -0.115. The Bertz CT molecular complexity index is 960. The van der Waals surface area contributed by atoms with E-state index in [2.05, 4.69) is 15.6 Å². The van der Waals surface area contributed by atoms with Crippen molar-refractivity contribution in [3.05, 3.63) is 81.6 Å². The van der Waals surface area contributed by atoms with Crippen LogP contribution in [0.2, 0.25) is 5.02 Å². The van der Waals surface area contributed by atoms with Crippen LogP contribution in [0.5, 0.6) is 0 Å². The van der Waals surface area contributed by atoms with E-state index in [1.807, 2.05) is 0 Å². The van der Waals surface area contributed by atoms with Gasteiger partial charge in [-0.15, -0.1) is 11.3 Å². The number of nitrogens with zero attached hydrogens (tertiary/aromatic N) is 1. The number of halogens is 2. The maximum absolute atomic E-state index is 12.9. The summed E-state index contributed by atoms with van der Waals surface area (Å²) < 4.78 is 12.9.